The van der Waals surface area contributed by atoms with Crippen LogP contribution in [0.25, 0.3) is 5.65 Å². The van der Waals surface area contributed by atoms with E-state index in [1.807, 2.05) is 10.6 Å². The number of methoxy groups -OCH3 is 1. The molecule has 0 radical (unpaired) electrons. The Labute approximate surface area is 162 Å². The van der Waals surface area contributed by atoms with Crippen molar-refractivity contribution >= 4 is 11.5 Å². The van der Waals surface area contributed by atoms with Crippen LogP contribution in [-0.4, -0.2) is 49.6 Å². The molecular formula is C19H23N7O2. The van der Waals surface area contributed by atoms with Gasteiger partial charge in [0.05, 0.1) is 7.11 Å². The minimum atomic E-state index is 0.0205. The molecule has 1 aliphatic carbocycles. The van der Waals surface area contributed by atoms with Crippen LogP contribution in [0.4, 0.5) is 5.82 Å². The lowest BCUT2D eigenvalue weighted by atomic mass is 9.96. The standard InChI is InChI=1S/C19H23N7O2/c1-28-16-5-4-15-21-22-17(26(15)23-16)14-6-9-24(10-7-14)18-19(27)25(11-8-20-18)12-13-2-3-13/h4-5,8,11,13-14H,2-3,6-7,9-10,12H2,1H3. The molecule has 0 atom stereocenters. The summed E-state index contributed by atoms with van der Waals surface area (Å²) in [5.41, 5.74) is 0.734. The molecule has 0 unspecified atom stereocenters. The van der Waals surface area contributed by atoms with Crippen molar-refractivity contribution in [3.8, 4) is 5.88 Å². The van der Waals surface area contributed by atoms with E-state index in [1.54, 1.807) is 30.1 Å². The molecule has 9 heteroatoms. The first-order valence-electron chi connectivity index (χ1n) is 9.79. The maximum atomic E-state index is 12.8. The number of hydrogen-bond acceptors (Lipinski definition) is 7. The van der Waals surface area contributed by atoms with Crippen molar-refractivity contribution in [3.63, 3.8) is 0 Å². The molecule has 0 aromatic carbocycles. The lowest BCUT2D eigenvalue weighted by Gasteiger charge is -2.31. The van der Waals surface area contributed by atoms with Crippen LogP contribution in [0.3, 0.4) is 0 Å². The van der Waals surface area contributed by atoms with Crippen LogP contribution in [0, 0.1) is 5.92 Å². The second kappa shape index (κ2) is 6.88. The number of fused-ring (bicyclic) bond motifs is 1. The van der Waals surface area contributed by atoms with Crippen LogP contribution in [0.15, 0.2) is 29.3 Å². The van der Waals surface area contributed by atoms with Gasteiger partial charge in [0, 0.05) is 44.0 Å². The number of nitrogens with zero attached hydrogens (tertiary/aromatic N) is 7. The average molecular weight is 381 g/mol. The van der Waals surface area contributed by atoms with Gasteiger partial charge >= 0.3 is 0 Å². The molecule has 2 aliphatic rings. The van der Waals surface area contributed by atoms with Gasteiger partial charge in [-0.3, -0.25) is 4.79 Å². The number of aromatic nitrogens is 6. The van der Waals surface area contributed by atoms with Gasteiger partial charge in [-0.25, -0.2) is 4.98 Å². The van der Waals surface area contributed by atoms with Gasteiger partial charge in [0.2, 0.25) is 5.88 Å². The summed E-state index contributed by atoms with van der Waals surface area (Å²) in [5, 5.41) is 13.0. The van der Waals surface area contributed by atoms with Crippen LogP contribution in [0.2, 0.25) is 0 Å². The monoisotopic (exact) mass is 381 g/mol. The topological polar surface area (TPSA) is 90.4 Å². The van der Waals surface area contributed by atoms with E-state index in [1.165, 1.54) is 12.8 Å². The number of anilines is 1. The smallest absolute Gasteiger partial charge is 0.293 e. The zero-order valence-corrected chi connectivity index (χ0v) is 15.9. The predicted molar refractivity (Wildman–Crippen MR) is 103 cm³/mol. The molecule has 3 aromatic rings. The van der Waals surface area contributed by atoms with Crippen molar-refractivity contribution in [1.29, 1.82) is 0 Å². The van der Waals surface area contributed by atoms with Crippen LogP contribution >= 0.6 is 0 Å². The highest BCUT2D eigenvalue weighted by Gasteiger charge is 2.28. The Morgan fingerprint density at radius 3 is 2.71 bits per heavy atom. The maximum absolute atomic E-state index is 12.8. The fraction of sp³-hybridized carbons (Fsp3) is 0.526. The van der Waals surface area contributed by atoms with Crippen molar-refractivity contribution in [2.24, 2.45) is 5.92 Å². The van der Waals surface area contributed by atoms with Crippen molar-refractivity contribution in [1.82, 2.24) is 29.4 Å². The number of piperidine rings is 1. The lowest BCUT2D eigenvalue weighted by Crippen LogP contribution is -2.39. The first kappa shape index (κ1) is 17.2. The number of ether oxygens (including phenoxy) is 1. The molecule has 0 N–H and O–H groups in total. The van der Waals surface area contributed by atoms with Crippen molar-refractivity contribution in [2.75, 3.05) is 25.1 Å². The predicted octanol–water partition coefficient (Wildman–Crippen LogP) is 1.48. The van der Waals surface area contributed by atoms with E-state index in [0.717, 1.165) is 38.3 Å². The molecule has 1 saturated carbocycles. The molecule has 0 spiro atoms. The van der Waals surface area contributed by atoms with Gasteiger partial charge in [0.1, 0.15) is 0 Å². The van der Waals surface area contributed by atoms with Crippen molar-refractivity contribution in [3.05, 3.63) is 40.7 Å². The normalized spacial score (nSPS) is 18.0. The highest BCUT2D eigenvalue weighted by molar-refractivity contribution is 5.39. The first-order chi connectivity index (χ1) is 13.7. The van der Waals surface area contributed by atoms with Gasteiger partial charge in [-0.2, -0.15) is 4.52 Å². The van der Waals surface area contributed by atoms with Gasteiger partial charge in [0.25, 0.3) is 5.56 Å². The van der Waals surface area contributed by atoms with Crippen LogP contribution < -0.4 is 15.2 Å². The maximum Gasteiger partial charge on any atom is 0.293 e. The highest BCUT2D eigenvalue weighted by Crippen LogP contribution is 2.31. The van der Waals surface area contributed by atoms with E-state index in [2.05, 4.69) is 25.2 Å². The molecule has 146 valence electrons. The largest absolute Gasteiger partial charge is 0.480 e. The second-order valence-corrected chi connectivity index (χ2v) is 7.62. The minimum Gasteiger partial charge on any atom is -0.480 e. The minimum absolute atomic E-state index is 0.0205. The summed E-state index contributed by atoms with van der Waals surface area (Å²) in [6.45, 7) is 2.34. The third-order valence-corrected chi connectivity index (χ3v) is 5.68. The molecule has 1 saturated heterocycles. The molecule has 0 amide bonds. The van der Waals surface area contributed by atoms with Crippen LogP contribution in [-0.2, 0) is 6.54 Å². The van der Waals surface area contributed by atoms with Gasteiger partial charge < -0.3 is 14.2 Å². The van der Waals surface area contributed by atoms with Gasteiger partial charge in [-0.15, -0.1) is 15.3 Å². The quantitative estimate of drug-likeness (QED) is 0.661. The summed E-state index contributed by atoms with van der Waals surface area (Å²) in [4.78, 5) is 19.3. The van der Waals surface area contributed by atoms with E-state index in [-0.39, 0.29) is 11.5 Å². The van der Waals surface area contributed by atoms with Crippen molar-refractivity contribution < 1.29 is 4.74 Å². The van der Waals surface area contributed by atoms with Gasteiger partial charge in [-0.05, 0) is 37.7 Å². The lowest BCUT2D eigenvalue weighted by molar-refractivity contribution is 0.386. The molecule has 3 aromatic heterocycles. The molecule has 28 heavy (non-hydrogen) atoms. The molecule has 5 rings (SSSR count). The van der Waals surface area contributed by atoms with Crippen molar-refractivity contribution in [2.45, 2.75) is 38.1 Å². The Kier molecular flexibility index (Phi) is 4.22. The second-order valence-electron chi connectivity index (χ2n) is 7.62. The number of rotatable bonds is 5. The molecular weight excluding hydrogens is 358 g/mol. The van der Waals surface area contributed by atoms with Gasteiger partial charge in [-0.1, -0.05) is 0 Å². The van der Waals surface area contributed by atoms with E-state index in [9.17, 15) is 4.79 Å². The summed E-state index contributed by atoms with van der Waals surface area (Å²) in [6, 6.07) is 3.64. The molecule has 1 aliphatic heterocycles. The molecule has 9 nitrogen and oxygen atoms in total. The number of hydrogen-bond donors (Lipinski definition) is 0. The zero-order chi connectivity index (χ0) is 19.1. The Morgan fingerprint density at radius 1 is 1.14 bits per heavy atom. The van der Waals surface area contributed by atoms with Gasteiger partial charge in [0.15, 0.2) is 17.3 Å². The summed E-state index contributed by atoms with van der Waals surface area (Å²) >= 11 is 0. The summed E-state index contributed by atoms with van der Waals surface area (Å²) in [5.74, 6) is 2.84. The third kappa shape index (κ3) is 3.10. The fourth-order valence-corrected chi connectivity index (χ4v) is 3.88. The third-order valence-electron chi connectivity index (χ3n) is 5.68. The van der Waals surface area contributed by atoms with E-state index in [4.69, 9.17) is 4.74 Å². The Balaban J connectivity index is 1.34. The zero-order valence-electron chi connectivity index (χ0n) is 15.9. The summed E-state index contributed by atoms with van der Waals surface area (Å²) < 4.78 is 8.80. The molecule has 4 heterocycles. The summed E-state index contributed by atoms with van der Waals surface area (Å²) in [7, 11) is 1.60. The first-order valence-corrected chi connectivity index (χ1v) is 9.79. The molecule has 2 fully saturated rings. The average Bonchev–Trinajstić information content (AvgIpc) is 3.45. The highest BCUT2D eigenvalue weighted by atomic mass is 16.5. The Hall–Kier alpha value is -2.97. The molecule has 0 bridgehead atoms. The van der Waals surface area contributed by atoms with Crippen LogP contribution in [0.5, 0.6) is 5.88 Å². The van der Waals surface area contributed by atoms with E-state index < -0.39 is 0 Å². The van der Waals surface area contributed by atoms with E-state index in [0.29, 0.717) is 23.3 Å². The fourth-order valence-electron chi connectivity index (χ4n) is 3.88. The Bertz CT molecular complexity index is 1050. The van der Waals surface area contributed by atoms with E-state index >= 15 is 0 Å². The van der Waals surface area contributed by atoms with Crippen LogP contribution in [0.1, 0.15) is 37.4 Å². The summed E-state index contributed by atoms with van der Waals surface area (Å²) in [6.07, 6.45) is 7.74. The SMILES string of the molecule is COc1ccc2nnc(C3CCN(c4nccn(CC5CC5)c4=O)CC3)n2n1. The Morgan fingerprint density at radius 2 is 1.96 bits per heavy atom.